The third-order valence-electron chi connectivity index (χ3n) is 14.0. The molecule has 0 aromatic carbocycles. The van der Waals surface area contributed by atoms with Gasteiger partial charge in [-0.25, -0.2) is 0 Å². The third kappa shape index (κ3) is 59.7. The van der Waals surface area contributed by atoms with E-state index >= 15 is 0 Å². The van der Waals surface area contributed by atoms with E-state index in [1.54, 1.807) is 0 Å². The van der Waals surface area contributed by atoms with Crippen LogP contribution in [0.2, 0.25) is 0 Å². The van der Waals surface area contributed by atoms with Gasteiger partial charge in [0.1, 0.15) is 13.2 Å². The van der Waals surface area contributed by atoms with Crippen molar-refractivity contribution in [2.45, 2.75) is 329 Å². The van der Waals surface area contributed by atoms with Crippen LogP contribution in [0.1, 0.15) is 323 Å². The van der Waals surface area contributed by atoms with Crippen molar-refractivity contribution in [3.05, 3.63) is 72.9 Å². The lowest BCUT2D eigenvalue weighted by atomic mass is 10.0. The maximum absolute atomic E-state index is 12.9. The van der Waals surface area contributed by atoms with Gasteiger partial charge in [-0.05, 0) is 77.0 Å². The van der Waals surface area contributed by atoms with Crippen molar-refractivity contribution in [1.82, 2.24) is 0 Å². The molecule has 0 amide bonds. The maximum atomic E-state index is 12.9. The van der Waals surface area contributed by atoms with Crippen LogP contribution in [0.5, 0.6) is 0 Å². The number of hydrogen-bond donors (Lipinski definition) is 0. The van der Waals surface area contributed by atoms with Crippen molar-refractivity contribution in [3.63, 3.8) is 0 Å². The zero-order valence-electron chi connectivity index (χ0n) is 49.1. The van der Waals surface area contributed by atoms with Crippen molar-refractivity contribution in [2.24, 2.45) is 0 Å². The minimum atomic E-state index is -0.808. The molecule has 0 aliphatic rings. The van der Waals surface area contributed by atoms with Gasteiger partial charge in [0.2, 0.25) is 0 Å². The molecule has 1 atom stereocenters. The van der Waals surface area contributed by atoms with E-state index < -0.39 is 6.10 Å². The molecule has 0 rings (SSSR count). The van der Waals surface area contributed by atoms with Crippen LogP contribution in [0, 0.1) is 0 Å². The molecule has 0 bridgehead atoms. The van der Waals surface area contributed by atoms with Gasteiger partial charge >= 0.3 is 17.9 Å². The Bertz CT molecular complexity index is 1370. The van der Waals surface area contributed by atoms with E-state index in [0.29, 0.717) is 19.3 Å². The Morgan fingerprint density at radius 2 is 0.554 bits per heavy atom. The fourth-order valence-electron chi connectivity index (χ4n) is 9.20. The van der Waals surface area contributed by atoms with E-state index in [9.17, 15) is 14.4 Å². The lowest BCUT2D eigenvalue weighted by Crippen LogP contribution is -2.30. The number of esters is 3. The smallest absolute Gasteiger partial charge is 0.306 e. The van der Waals surface area contributed by atoms with E-state index in [-0.39, 0.29) is 37.5 Å². The van der Waals surface area contributed by atoms with Crippen LogP contribution < -0.4 is 0 Å². The molecule has 0 aromatic rings. The second kappa shape index (κ2) is 62.4. The lowest BCUT2D eigenvalue weighted by molar-refractivity contribution is -0.166. The summed E-state index contributed by atoms with van der Waals surface area (Å²) in [4.78, 5) is 38.2. The first-order chi connectivity index (χ1) is 36.5. The standard InChI is InChI=1S/C68H120O6/c1-4-7-10-13-16-19-22-25-27-29-30-31-32-33-34-35-36-37-39-40-43-46-49-52-55-58-61-67(70)73-64-65(63-72-66(69)60-57-54-51-48-45-42-24-21-18-15-12-9-6-3)74-68(71)62-59-56-53-50-47-44-41-38-28-26-23-20-17-14-11-8-5-2/h9,12,17-18,20-21,26,28,42,45,51,54,65H,4-8,10-11,13-16,19,22-25,27,29-41,43-44,46-50,52-53,55-64H2,1-3H3/b12-9-,20-17-,21-18-,28-26-,45-42-,54-51-. The van der Waals surface area contributed by atoms with E-state index in [1.165, 1.54) is 199 Å². The number of carbonyl (C=O) groups excluding carboxylic acids is 3. The van der Waals surface area contributed by atoms with Gasteiger partial charge in [0.15, 0.2) is 6.10 Å². The molecule has 428 valence electrons. The zero-order chi connectivity index (χ0) is 53.6. The molecule has 6 nitrogen and oxygen atoms in total. The Kier molecular flexibility index (Phi) is 59.7. The van der Waals surface area contributed by atoms with Crippen LogP contribution in [0.15, 0.2) is 72.9 Å². The van der Waals surface area contributed by atoms with Crippen molar-refractivity contribution in [2.75, 3.05) is 13.2 Å². The first-order valence-electron chi connectivity index (χ1n) is 31.9. The number of unbranched alkanes of at least 4 members (excludes halogenated alkanes) is 35. The summed E-state index contributed by atoms with van der Waals surface area (Å²) >= 11 is 0. The molecule has 74 heavy (non-hydrogen) atoms. The molecule has 0 aliphatic heterocycles. The Hall–Kier alpha value is -3.15. The van der Waals surface area contributed by atoms with E-state index in [4.69, 9.17) is 14.2 Å². The summed E-state index contributed by atoms with van der Waals surface area (Å²) in [6.07, 6.45) is 80.8. The topological polar surface area (TPSA) is 78.9 Å². The van der Waals surface area contributed by atoms with Crippen LogP contribution in [0.3, 0.4) is 0 Å². The van der Waals surface area contributed by atoms with Crippen molar-refractivity contribution in [3.8, 4) is 0 Å². The average Bonchev–Trinajstić information content (AvgIpc) is 3.40. The minimum absolute atomic E-state index is 0.0981. The molecule has 0 spiro atoms. The second-order valence-electron chi connectivity index (χ2n) is 21.3. The summed E-state index contributed by atoms with van der Waals surface area (Å²) in [5.74, 6) is -0.978. The first-order valence-corrected chi connectivity index (χ1v) is 31.9. The van der Waals surface area contributed by atoms with Gasteiger partial charge in [-0.2, -0.15) is 0 Å². The van der Waals surface area contributed by atoms with Crippen molar-refractivity contribution < 1.29 is 28.6 Å². The molecule has 0 heterocycles. The maximum Gasteiger partial charge on any atom is 0.306 e. The van der Waals surface area contributed by atoms with Crippen LogP contribution in [0.4, 0.5) is 0 Å². The molecular formula is C68H120O6. The first kappa shape index (κ1) is 70.8. The summed E-state index contributed by atoms with van der Waals surface area (Å²) in [5.41, 5.74) is 0. The number of carbonyl (C=O) groups is 3. The molecule has 0 saturated heterocycles. The normalized spacial score (nSPS) is 12.5. The van der Waals surface area contributed by atoms with Crippen LogP contribution in [-0.2, 0) is 28.6 Å². The van der Waals surface area contributed by atoms with E-state index in [2.05, 4.69) is 87.6 Å². The number of allylic oxidation sites excluding steroid dienone is 12. The summed E-state index contributed by atoms with van der Waals surface area (Å²) in [5, 5.41) is 0. The van der Waals surface area contributed by atoms with Crippen molar-refractivity contribution in [1.29, 1.82) is 0 Å². The Morgan fingerprint density at radius 1 is 0.284 bits per heavy atom. The molecule has 0 radical (unpaired) electrons. The highest BCUT2D eigenvalue weighted by atomic mass is 16.6. The highest BCUT2D eigenvalue weighted by Crippen LogP contribution is 2.17. The minimum Gasteiger partial charge on any atom is -0.462 e. The summed E-state index contributed by atoms with van der Waals surface area (Å²) < 4.78 is 16.8. The zero-order valence-corrected chi connectivity index (χ0v) is 49.1. The molecule has 0 saturated carbocycles. The number of rotatable bonds is 58. The monoisotopic (exact) mass is 1030 g/mol. The van der Waals surface area contributed by atoms with E-state index in [0.717, 1.165) is 77.0 Å². The van der Waals surface area contributed by atoms with Gasteiger partial charge in [0.05, 0.1) is 0 Å². The largest absolute Gasteiger partial charge is 0.462 e. The molecule has 0 aromatic heterocycles. The molecule has 1 unspecified atom stereocenters. The van der Waals surface area contributed by atoms with Gasteiger partial charge in [0, 0.05) is 19.3 Å². The fraction of sp³-hybridized carbons (Fsp3) is 0.779. The summed E-state index contributed by atoms with van der Waals surface area (Å²) in [7, 11) is 0. The highest BCUT2D eigenvalue weighted by molar-refractivity contribution is 5.71. The predicted molar refractivity (Wildman–Crippen MR) is 321 cm³/mol. The Morgan fingerprint density at radius 3 is 0.932 bits per heavy atom. The van der Waals surface area contributed by atoms with Gasteiger partial charge in [-0.3, -0.25) is 14.4 Å². The summed E-state index contributed by atoms with van der Waals surface area (Å²) in [6.45, 7) is 6.47. The quantitative estimate of drug-likeness (QED) is 0.0261. The van der Waals surface area contributed by atoms with Crippen LogP contribution in [0.25, 0.3) is 0 Å². The van der Waals surface area contributed by atoms with Gasteiger partial charge in [0.25, 0.3) is 0 Å². The van der Waals surface area contributed by atoms with Crippen LogP contribution in [-0.4, -0.2) is 37.2 Å². The predicted octanol–water partition coefficient (Wildman–Crippen LogP) is 21.7. The molecule has 0 aliphatic carbocycles. The Labute approximate surface area is 459 Å². The summed E-state index contributed by atoms with van der Waals surface area (Å²) in [6, 6.07) is 0. The molecular weight excluding hydrogens is 913 g/mol. The molecule has 6 heteroatoms. The van der Waals surface area contributed by atoms with Crippen molar-refractivity contribution >= 4 is 17.9 Å². The third-order valence-corrected chi connectivity index (χ3v) is 14.0. The van der Waals surface area contributed by atoms with Gasteiger partial charge in [-0.15, -0.1) is 0 Å². The average molecular weight is 1030 g/mol. The number of hydrogen-bond acceptors (Lipinski definition) is 6. The fourth-order valence-corrected chi connectivity index (χ4v) is 9.20. The SMILES string of the molecule is CC/C=C\C/C=C\C/C=C\C/C=C\CCC(=O)OCC(COC(=O)CCCCCCCCCCCCCCCCCCCCCCCCCCCC)OC(=O)CCCCCCCCC/C=C\C/C=C\CCCCC. The van der Waals surface area contributed by atoms with E-state index in [1.807, 2.05) is 6.08 Å². The van der Waals surface area contributed by atoms with Gasteiger partial charge in [-0.1, -0.05) is 299 Å². The van der Waals surface area contributed by atoms with Gasteiger partial charge < -0.3 is 14.2 Å². The molecule has 0 fully saturated rings. The van der Waals surface area contributed by atoms with Crippen LogP contribution >= 0.6 is 0 Å². The highest BCUT2D eigenvalue weighted by Gasteiger charge is 2.19. The molecule has 0 N–H and O–H groups in total. The second-order valence-corrected chi connectivity index (χ2v) is 21.3. The number of ether oxygens (including phenoxy) is 3. The lowest BCUT2D eigenvalue weighted by Gasteiger charge is -2.18. The Balaban J connectivity index is 4.28.